The van der Waals surface area contributed by atoms with Gasteiger partial charge in [0.25, 0.3) is 0 Å². The summed E-state index contributed by atoms with van der Waals surface area (Å²) >= 11 is 3.09. The van der Waals surface area contributed by atoms with E-state index in [-0.39, 0.29) is 5.75 Å². The van der Waals surface area contributed by atoms with Gasteiger partial charge in [0.05, 0.1) is 11.9 Å². The lowest BCUT2D eigenvalue weighted by atomic mass is 10.3. The number of nitrogens with zero attached hydrogens (tertiary/aromatic N) is 1. The molecule has 1 heterocycles. The normalized spacial score (nSPS) is 9.80. The van der Waals surface area contributed by atoms with Crippen LogP contribution in [0.4, 0.5) is 4.39 Å². The molecule has 1 rings (SSSR count). The van der Waals surface area contributed by atoms with Gasteiger partial charge in [-0.15, -0.1) is 0 Å². The maximum absolute atomic E-state index is 12.2. The van der Waals surface area contributed by atoms with Crippen LogP contribution in [0.3, 0.4) is 0 Å². The highest BCUT2D eigenvalue weighted by Crippen LogP contribution is 2.16. The standard InChI is InChI=1S/C6H5BrFNO/c7-2-5-6(10)1-4(8)3-9-5/h1,3,10H,2H2. The van der Waals surface area contributed by atoms with E-state index in [2.05, 4.69) is 20.9 Å². The summed E-state index contributed by atoms with van der Waals surface area (Å²) in [6, 6.07) is 1.03. The molecular weight excluding hydrogens is 201 g/mol. The Morgan fingerprint density at radius 3 is 2.90 bits per heavy atom. The number of aromatic hydroxyl groups is 1. The number of alkyl halides is 1. The number of pyridine rings is 1. The summed E-state index contributed by atoms with van der Waals surface area (Å²) in [5.74, 6) is -0.640. The minimum Gasteiger partial charge on any atom is -0.506 e. The van der Waals surface area contributed by atoms with E-state index in [4.69, 9.17) is 5.11 Å². The summed E-state index contributed by atoms with van der Waals surface area (Å²) < 4.78 is 12.2. The molecule has 0 aliphatic rings. The Morgan fingerprint density at radius 2 is 2.40 bits per heavy atom. The van der Waals surface area contributed by atoms with E-state index in [1.165, 1.54) is 0 Å². The molecule has 0 bridgehead atoms. The van der Waals surface area contributed by atoms with Crippen LogP contribution in [0.2, 0.25) is 0 Å². The molecule has 4 heteroatoms. The van der Waals surface area contributed by atoms with E-state index < -0.39 is 5.82 Å². The Labute approximate surface area is 65.8 Å². The second-order valence-corrected chi connectivity index (χ2v) is 2.31. The molecule has 10 heavy (non-hydrogen) atoms. The Balaban J connectivity index is 3.07. The lowest BCUT2D eigenvalue weighted by Gasteiger charge is -1.96. The van der Waals surface area contributed by atoms with Gasteiger partial charge in [-0.3, -0.25) is 4.98 Å². The third kappa shape index (κ3) is 1.44. The van der Waals surface area contributed by atoms with Crippen molar-refractivity contribution in [3.8, 4) is 5.75 Å². The molecule has 0 unspecified atom stereocenters. The van der Waals surface area contributed by atoms with E-state index >= 15 is 0 Å². The Bertz CT molecular complexity index is 241. The summed E-state index contributed by atoms with van der Waals surface area (Å²) in [5.41, 5.74) is 0.446. The summed E-state index contributed by atoms with van der Waals surface area (Å²) in [6.07, 6.45) is 1.07. The Morgan fingerprint density at radius 1 is 1.70 bits per heavy atom. The number of aromatic nitrogens is 1. The number of hydrogen-bond donors (Lipinski definition) is 1. The number of halogens is 2. The molecule has 54 valence electrons. The molecular formula is C6H5BrFNO. The van der Waals surface area contributed by atoms with Crippen molar-refractivity contribution in [1.29, 1.82) is 0 Å². The molecule has 1 aromatic heterocycles. The van der Waals surface area contributed by atoms with Crippen LogP contribution < -0.4 is 0 Å². The average molecular weight is 206 g/mol. The minimum atomic E-state index is -0.526. The van der Waals surface area contributed by atoms with Crippen LogP contribution >= 0.6 is 15.9 Å². The molecule has 2 nitrogen and oxygen atoms in total. The predicted octanol–water partition coefficient (Wildman–Crippen LogP) is 1.82. The van der Waals surface area contributed by atoms with Crippen molar-refractivity contribution >= 4 is 15.9 Å². The molecule has 0 amide bonds. The van der Waals surface area contributed by atoms with Crippen LogP contribution in [-0.4, -0.2) is 10.1 Å². The highest BCUT2D eigenvalue weighted by Gasteiger charge is 2.00. The quantitative estimate of drug-likeness (QED) is 0.711. The van der Waals surface area contributed by atoms with E-state index in [0.29, 0.717) is 11.0 Å². The number of rotatable bonds is 1. The lowest BCUT2D eigenvalue weighted by molar-refractivity contribution is 0.459. The molecule has 0 spiro atoms. The van der Waals surface area contributed by atoms with Gasteiger partial charge in [-0.2, -0.15) is 0 Å². The van der Waals surface area contributed by atoms with Gasteiger partial charge in [-0.1, -0.05) is 15.9 Å². The first-order valence-electron chi connectivity index (χ1n) is 2.63. The predicted molar refractivity (Wildman–Crippen MR) is 38.5 cm³/mol. The van der Waals surface area contributed by atoms with Crippen LogP contribution in [-0.2, 0) is 5.33 Å². The van der Waals surface area contributed by atoms with Gasteiger partial charge in [0.2, 0.25) is 0 Å². The summed E-state index contributed by atoms with van der Waals surface area (Å²) in [6.45, 7) is 0. The first-order valence-corrected chi connectivity index (χ1v) is 3.75. The van der Waals surface area contributed by atoms with Crippen LogP contribution in [0, 0.1) is 5.82 Å². The fourth-order valence-corrected chi connectivity index (χ4v) is 0.992. The zero-order valence-electron chi connectivity index (χ0n) is 5.01. The van der Waals surface area contributed by atoms with Gasteiger partial charge in [0, 0.05) is 11.4 Å². The van der Waals surface area contributed by atoms with E-state index in [0.717, 1.165) is 12.3 Å². The maximum atomic E-state index is 12.2. The first kappa shape index (κ1) is 7.47. The van der Waals surface area contributed by atoms with Gasteiger partial charge in [-0.05, 0) is 0 Å². The van der Waals surface area contributed by atoms with Crippen molar-refractivity contribution in [1.82, 2.24) is 4.98 Å². The Hall–Kier alpha value is -0.640. The highest BCUT2D eigenvalue weighted by atomic mass is 79.9. The van der Waals surface area contributed by atoms with E-state index in [1.807, 2.05) is 0 Å². The third-order valence-corrected chi connectivity index (χ3v) is 1.57. The molecule has 0 aromatic carbocycles. The van der Waals surface area contributed by atoms with Gasteiger partial charge >= 0.3 is 0 Å². The monoisotopic (exact) mass is 205 g/mol. The van der Waals surface area contributed by atoms with Crippen LogP contribution in [0.15, 0.2) is 12.3 Å². The maximum Gasteiger partial charge on any atom is 0.145 e. The molecule has 0 fully saturated rings. The Kier molecular flexibility index (Phi) is 2.21. The topological polar surface area (TPSA) is 33.1 Å². The van der Waals surface area contributed by atoms with Crippen LogP contribution in [0.1, 0.15) is 5.69 Å². The average Bonchev–Trinajstić information content (AvgIpc) is 1.88. The zero-order valence-corrected chi connectivity index (χ0v) is 6.60. The van der Waals surface area contributed by atoms with Crippen molar-refractivity contribution in [2.75, 3.05) is 0 Å². The van der Waals surface area contributed by atoms with Gasteiger partial charge in [-0.25, -0.2) is 4.39 Å². The molecule has 0 saturated carbocycles. The van der Waals surface area contributed by atoms with Gasteiger partial charge in [0.1, 0.15) is 11.6 Å². The van der Waals surface area contributed by atoms with Crippen molar-refractivity contribution in [3.63, 3.8) is 0 Å². The van der Waals surface area contributed by atoms with Crippen molar-refractivity contribution in [3.05, 3.63) is 23.8 Å². The molecule has 0 aliphatic carbocycles. The van der Waals surface area contributed by atoms with E-state index in [9.17, 15) is 4.39 Å². The lowest BCUT2D eigenvalue weighted by Crippen LogP contribution is -1.86. The highest BCUT2D eigenvalue weighted by molar-refractivity contribution is 9.08. The molecule has 1 N–H and O–H groups in total. The second-order valence-electron chi connectivity index (χ2n) is 1.75. The number of hydrogen-bond acceptors (Lipinski definition) is 2. The fourth-order valence-electron chi connectivity index (χ4n) is 0.560. The van der Waals surface area contributed by atoms with Crippen LogP contribution in [0.25, 0.3) is 0 Å². The van der Waals surface area contributed by atoms with Crippen molar-refractivity contribution in [2.24, 2.45) is 0 Å². The largest absolute Gasteiger partial charge is 0.506 e. The van der Waals surface area contributed by atoms with Crippen molar-refractivity contribution in [2.45, 2.75) is 5.33 Å². The fraction of sp³-hybridized carbons (Fsp3) is 0.167. The molecule has 0 radical (unpaired) electrons. The SMILES string of the molecule is Oc1cc(F)cnc1CBr. The smallest absolute Gasteiger partial charge is 0.145 e. The third-order valence-electron chi connectivity index (χ3n) is 1.04. The van der Waals surface area contributed by atoms with Gasteiger partial charge in [0.15, 0.2) is 0 Å². The second kappa shape index (κ2) is 2.96. The van der Waals surface area contributed by atoms with Crippen molar-refractivity contribution < 1.29 is 9.50 Å². The zero-order chi connectivity index (χ0) is 7.56. The van der Waals surface area contributed by atoms with Gasteiger partial charge < -0.3 is 5.11 Å². The molecule has 0 atom stereocenters. The molecule has 1 aromatic rings. The minimum absolute atomic E-state index is 0.114. The summed E-state index contributed by atoms with van der Waals surface area (Å²) in [7, 11) is 0. The first-order chi connectivity index (χ1) is 4.74. The molecule has 0 aliphatic heterocycles. The van der Waals surface area contributed by atoms with Crippen LogP contribution in [0.5, 0.6) is 5.75 Å². The summed E-state index contributed by atoms with van der Waals surface area (Å²) in [5, 5.41) is 9.39. The molecule has 0 saturated heterocycles. The van der Waals surface area contributed by atoms with E-state index in [1.54, 1.807) is 0 Å². The summed E-state index contributed by atoms with van der Waals surface area (Å²) in [4.78, 5) is 3.62.